The molecule has 0 aliphatic carbocycles. The van der Waals surface area contributed by atoms with Crippen molar-refractivity contribution in [2.75, 3.05) is 27.1 Å². The minimum atomic E-state index is 0.156. The molecule has 0 unspecified atom stereocenters. The van der Waals surface area contributed by atoms with E-state index in [0.29, 0.717) is 39.7 Å². The van der Waals surface area contributed by atoms with Gasteiger partial charge in [-0.15, -0.1) is 0 Å². The molecule has 9 nitrogen and oxygen atoms in total. The standard InChI is InChI=1S/C14H15BrN6O3/c1-22-9-5-17-8(10(23-2)11(9)24-3)6-21-13-7(4-18-21)12(15)19-14(16)20-13/h4-5H,6H2,1-3H3,(H2,16,19,20). The molecule has 0 aliphatic heterocycles. The maximum Gasteiger partial charge on any atom is 0.223 e. The molecule has 0 saturated carbocycles. The fourth-order valence-corrected chi connectivity index (χ4v) is 2.81. The number of hydrogen-bond donors (Lipinski definition) is 1. The topological polar surface area (TPSA) is 110 Å². The van der Waals surface area contributed by atoms with Gasteiger partial charge in [0, 0.05) is 0 Å². The molecule has 0 spiro atoms. The number of methoxy groups -OCH3 is 3. The van der Waals surface area contributed by atoms with Crippen LogP contribution in [-0.2, 0) is 6.54 Å². The van der Waals surface area contributed by atoms with Crippen molar-refractivity contribution in [2.24, 2.45) is 0 Å². The third kappa shape index (κ3) is 2.68. The maximum atomic E-state index is 5.72. The van der Waals surface area contributed by atoms with Gasteiger partial charge >= 0.3 is 0 Å². The number of rotatable bonds is 5. The van der Waals surface area contributed by atoms with Crippen molar-refractivity contribution in [3.8, 4) is 17.2 Å². The van der Waals surface area contributed by atoms with E-state index in [2.05, 4.69) is 36.0 Å². The third-order valence-electron chi connectivity index (χ3n) is 3.42. The highest BCUT2D eigenvalue weighted by molar-refractivity contribution is 9.10. The van der Waals surface area contributed by atoms with Gasteiger partial charge in [0.05, 0.1) is 45.7 Å². The van der Waals surface area contributed by atoms with E-state index in [4.69, 9.17) is 19.9 Å². The first-order chi connectivity index (χ1) is 11.6. The number of hydrogen-bond acceptors (Lipinski definition) is 8. The molecule has 0 amide bonds. The van der Waals surface area contributed by atoms with Crippen molar-refractivity contribution < 1.29 is 14.2 Å². The summed E-state index contributed by atoms with van der Waals surface area (Å²) in [4.78, 5) is 12.7. The van der Waals surface area contributed by atoms with E-state index in [1.165, 1.54) is 7.11 Å². The van der Waals surface area contributed by atoms with Crippen molar-refractivity contribution in [1.82, 2.24) is 24.7 Å². The van der Waals surface area contributed by atoms with E-state index in [1.54, 1.807) is 31.3 Å². The Labute approximate surface area is 145 Å². The smallest absolute Gasteiger partial charge is 0.223 e. The number of anilines is 1. The molecule has 0 atom stereocenters. The molecule has 0 radical (unpaired) electrons. The SMILES string of the molecule is COc1cnc(Cn2ncc3c(Br)nc(N)nc32)c(OC)c1OC. The second-order valence-corrected chi connectivity index (χ2v) is 5.50. The summed E-state index contributed by atoms with van der Waals surface area (Å²) in [6, 6.07) is 0. The van der Waals surface area contributed by atoms with E-state index in [1.807, 2.05) is 0 Å². The Bertz CT molecular complexity index is 898. The van der Waals surface area contributed by atoms with E-state index in [-0.39, 0.29) is 5.95 Å². The molecule has 0 bridgehead atoms. The predicted molar refractivity (Wildman–Crippen MR) is 90.4 cm³/mol. The minimum absolute atomic E-state index is 0.156. The van der Waals surface area contributed by atoms with Gasteiger partial charge in [-0.2, -0.15) is 10.1 Å². The summed E-state index contributed by atoms with van der Waals surface area (Å²) in [5, 5.41) is 5.08. The number of fused-ring (bicyclic) bond motifs is 1. The Kier molecular flexibility index (Phi) is 4.38. The van der Waals surface area contributed by atoms with Gasteiger partial charge in [-0.05, 0) is 15.9 Å². The Balaban J connectivity index is 2.09. The van der Waals surface area contributed by atoms with Gasteiger partial charge in [0.25, 0.3) is 0 Å². The first-order valence-corrected chi connectivity index (χ1v) is 7.66. The number of nitrogen functional groups attached to an aromatic ring is 1. The highest BCUT2D eigenvalue weighted by Gasteiger charge is 2.19. The van der Waals surface area contributed by atoms with Gasteiger partial charge in [-0.1, -0.05) is 0 Å². The lowest BCUT2D eigenvalue weighted by atomic mass is 10.3. The lowest BCUT2D eigenvalue weighted by Gasteiger charge is -2.15. The van der Waals surface area contributed by atoms with Crippen LogP contribution >= 0.6 is 15.9 Å². The van der Waals surface area contributed by atoms with Gasteiger partial charge in [0.15, 0.2) is 17.1 Å². The normalized spacial score (nSPS) is 10.8. The maximum absolute atomic E-state index is 5.72. The van der Waals surface area contributed by atoms with E-state index in [0.717, 1.165) is 5.39 Å². The number of aromatic nitrogens is 5. The van der Waals surface area contributed by atoms with Gasteiger partial charge in [-0.25, -0.2) is 9.67 Å². The Hall–Kier alpha value is -2.62. The molecule has 126 valence electrons. The number of halogens is 1. The highest BCUT2D eigenvalue weighted by atomic mass is 79.9. The molecule has 0 aromatic carbocycles. The van der Waals surface area contributed by atoms with Gasteiger partial charge in [-0.3, -0.25) is 4.98 Å². The fourth-order valence-electron chi connectivity index (χ4n) is 2.35. The molecule has 3 heterocycles. The van der Waals surface area contributed by atoms with E-state index in [9.17, 15) is 0 Å². The monoisotopic (exact) mass is 394 g/mol. The van der Waals surface area contributed by atoms with Crippen molar-refractivity contribution >= 4 is 32.9 Å². The summed E-state index contributed by atoms with van der Waals surface area (Å²) in [6.07, 6.45) is 3.23. The average molecular weight is 395 g/mol. The van der Waals surface area contributed by atoms with Gasteiger partial charge < -0.3 is 19.9 Å². The van der Waals surface area contributed by atoms with Crippen LogP contribution in [0.15, 0.2) is 17.0 Å². The number of nitrogens with two attached hydrogens (primary N) is 1. The van der Waals surface area contributed by atoms with E-state index < -0.39 is 0 Å². The zero-order valence-electron chi connectivity index (χ0n) is 13.3. The second kappa shape index (κ2) is 6.48. The molecule has 10 heteroatoms. The number of ether oxygens (including phenoxy) is 3. The molecule has 2 N–H and O–H groups in total. The molecule has 3 rings (SSSR count). The van der Waals surface area contributed by atoms with Crippen LogP contribution in [0.3, 0.4) is 0 Å². The summed E-state index contributed by atoms with van der Waals surface area (Å²) in [5.74, 6) is 1.58. The third-order valence-corrected chi connectivity index (χ3v) is 4.03. The van der Waals surface area contributed by atoms with Crippen molar-refractivity contribution in [1.29, 1.82) is 0 Å². The van der Waals surface area contributed by atoms with Crippen LogP contribution in [0.2, 0.25) is 0 Å². The summed E-state index contributed by atoms with van der Waals surface area (Å²) in [6.45, 7) is 0.315. The fraction of sp³-hybridized carbons (Fsp3) is 0.286. The van der Waals surface area contributed by atoms with Crippen LogP contribution in [0.1, 0.15) is 5.69 Å². The first-order valence-electron chi connectivity index (χ1n) is 6.87. The van der Waals surface area contributed by atoms with Crippen LogP contribution in [0.4, 0.5) is 5.95 Å². The Morgan fingerprint density at radius 2 is 1.83 bits per heavy atom. The molecule has 24 heavy (non-hydrogen) atoms. The summed E-state index contributed by atoms with van der Waals surface area (Å²) < 4.78 is 18.3. The minimum Gasteiger partial charge on any atom is -0.491 e. The largest absolute Gasteiger partial charge is 0.491 e. The quantitative estimate of drug-likeness (QED) is 0.650. The number of nitrogens with zero attached hydrogens (tertiary/aromatic N) is 5. The molecular formula is C14H15BrN6O3. The Morgan fingerprint density at radius 1 is 1.08 bits per heavy atom. The molecule has 0 saturated heterocycles. The van der Waals surface area contributed by atoms with Crippen LogP contribution in [0, 0.1) is 0 Å². The molecule has 3 aromatic heterocycles. The predicted octanol–water partition coefficient (Wildman–Crippen LogP) is 1.64. The van der Waals surface area contributed by atoms with E-state index >= 15 is 0 Å². The molecule has 0 fully saturated rings. The van der Waals surface area contributed by atoms with Crippen molar-refractivity contribution in [2.45, 2.75) is 6.54 Å². The summed E-state index contributed by atoms with van der Waals surface area (Å²) in [5.41, 5.74) is 6.93. The lowest BCUT2D eigenvalue weighted by Crippen LogP contribution is -2.08. The molecule has 3 aromatic rings. The average Bonchev–Trinajstić information content (AvgIpc) is 2.97. The zero-order chi connectivity index (χ0) is 17.3. The van der Waals surface area contributed by atoms with Crippen molar-refractivity contribution in [3.05, 3.63) is 22.7 Å². The van der Waals surface area contributed by atoms with Gasteiger partial charge in [0.1, 0.15) is 10.3 Å². The summed E-state index contributed by atoms with van der Waals surface area (Å²) >= 11 is 3.35. The Morgan fingerprint density at radius 3 is 2.50 bits per heavy atom. The zero-order valence-corrected chi connectivity index (χ0v) is 14.9. The van der Waals surface area contributed by atoms with Crippen LogP contribution in [0.5, 0.6) is 17.2 Å². The van der Waals surface area contributed by atoms with Crippen molar-refractivity contribution in [3.63, 3.8) is 0 Å². The van der Waals surface area contributed by atoms with Crippen LogP contribution in [0.25, 0.3) is 11.0 Å². The second-order valence-electron chi connectivity index (χ2n) is 4.75. The molecule has 0 aliphatic rings. The highest BCUT2D eigenvalue weighted by Crippen LogP contribution is 2.38. The van der Waals surface area contributed by atoms with Crippen LogP contribution in [-0.4, -0.2) is 46.1 Å². The first kappa shape index (κ1) is 16.2. The number of pyridine rings is 1. The lowest BCUT2D eigenvalue weighted by molar-refractivity contribution is 0.318. The molecular weight excluding hydrogens is 380 g/mol. The summed E-state index contributed by atoms with van der Waals surface area (Å²) in [7, 11) is 4.62. The van der Waals surface area contributed by atoms with Gasteiger partial charge in [0.2, 0.25) is 11.7 Å². The van der Waals surface area contributed by atoms with Crippen LogP contribution < -0.4 is 19.9 Å².